The van der Waals surface area contributed by atoms with E-state index in [2.05, 4.69) is 0 Å². The zero-order valence-corrected chi connectivity index (χ0v) is 11.3. The molecule has 1 heterocycles. The molecule has 3 nitrogen and oxygen atoms in total. The van der Waals surface area contributed by atoms with E-state index in [1.54, 1.807) is 6.07 Å². The molecule has 3 heteroatoms. The van der Waals surface area contributed by atoms with Crippen molar-refractivity contribution in [3.8, 4) is 5.75 Å². The number of esters is 1. The molecule has 0 spiro atoms. The van der Waals surface area contributed by atoms with Gasteiger partial charge in [-0.3, -0.25) is 0 Å². The van der Waals surface area contributed by atoms with Gasteiger partial charge in [-0.25, -0.2) is 4.79 Å². The molecule has 0 bridgehead atoms. The highest BCUT2D eigenvalue weighted by Crippen LogP contribution is 2.22. The smallest absolute Gasteiger partial charge is 0.379 e. The van der Waals surface area contributed by atoms with E-state index < -0.39 is 5.97 Å². The number of ether oxygens (including phenoxy) is 1. The molecule has 0 aliphatic heterocycles. The number of carbonyl (C=O) groups is 1. The second kappa shape index (κ2) is 4.85. The molecule has 0 saturated carbocycles. The monoisotopic (exact) mass is 266 g/mol. The molecule has 0 N–H and O–H groups in total. The number of carbonyl (C=O) groups excluding carboxylic acids is 1. The van der Waals surface area contributed by atoms with Crippen molar-refractivity contribution in [3.63, 3.8) is 0 Å². The number of hydrogen-bond donors (Lipinski definition) is 0. The average molecular weight is 266 g/mol. The van der Waals surface area contributed by atoms with Crippen molar-refractivity contribution in [3.05, 3.63) is 65.4 Å². The molecule has 0 aliphatic rings. The Balaban J connectivity index is 1.88. The molecule has 2 aromatic carbocycles. The molecule has 0 fully saturated rings. The zero-order chi connectivity index (χ0) is 14.1. The summed E-state index contributed by atoms with van der Waals surface area (Å²) in [5.74, 6) is 0.268. The third kappa shape index (κ3) is 2.43. The van der Waals surface area contributed by atoms with Crippen LogP contribution in [0.25, 0.3) is 11.0 Å². The first-order valence-corrected chi connectivity index (χ1v) is 6.41. The highest BCUT2D eigenvalue weighted by molar-refractivity contribution is 5.93. The van der Waals surface area contributed by atoms with Crippen LogP contribution in [-0.2, 0) is 0 Å². The number of hydrogen-bond acceptors (Lipinski definition) is 3. The summed E-state index contributed by atoms with van der Waals surface area (Å²) in [5.41, 5.74) is 2.79. The van der Waals surface area contributed by atoms with Crippen molar-refractivity contribution in [2.24, 2.45) is 0 Å². The van der Waals surface area contributed by atoms with Crippen molar-refractivity contribution in [2.45, 2.75) is 13.8 Å². The van der Waals surface area contributed by atoms with Crippen LogP contribution >= 0.6 is 0 Å². The van der Waals surface area contributed by atoms with Gasteiger partial charge >= 0.3 is 5.97 Å². The SMILES string of the molecule is Cc1cc(C)cc(OC(=O)c2cc3ccccc3o2)c1. The van der Waals surface area contributed by atoms with E-state index in [9.17, 15) is 4.79 Å². The molecule has 20 heavy (non-hydrogen) atoms. The van der Waals surface area contributed by atoms with Gasteiger partial charge in [-0.1, -0.05) is 24.3 Å². The normalized spacial score (nSPS) is 10.7. The molecule has 0 amide bonds. The van der Waals surface area contributed by atoms with E-state index in [1.165, 1.54) is 0 Å². The zero-order valence-electron chi connectivity index (χ0n) is 11.3. The van der Waals surface area contributed by atoms with Crippen LogP contribution in [-0.4, -0.2) is 5.97 Å². The van der Waals surface area contributed by atoms with Gasteiger partial charge in [0.15, 0.2) is 0 Å². The predicted molar refractivity (Wildman–Crippen MR) is 77.1 cm³/mol. The van der Waals surface area contributed by atoms with E-state index in [0.29, 0.717) is 11.3 Å². The minimum atomic E-state index is -0.480. The second-order valence-corrected chi connectivity index (χ2v) is 4.86. The van der Waals surface area contributed by atoms with Gasteiger partial charge in [-0.05, 0) is 49.2 Å². The van der Waals surface area contributed by atoms with Crippen molar-refractivity contribution in [1.82, 2.24) is 0 Å². The average Bonchev–Trinajstić information content (AvgIpc) is 2.81. The highest BCUT2D eigenvalue weighted by atomic mass is 16.5. The number of fused-ring (bicyclic) bond motifs is 1. The minimum absolute atomic E-state index is 0.213. The first-order chi connectivity index (χ1) is 9.61. The van der Waals surface area contributed by atoms with Crippen molar-refractivity contribution in [2.75, 3.05) is 0 Å². The number of benzene rings is 2. The maximum atomic E-state index is 12.1. The van der Waals surface area contributed by atoms with Crippen LogP contribution in [0, 0.1) is 13.8 Å². The molecule has 0 saturated heterocycles. The van der Waals surface area contributed by atoms with Gasteiger partial charge < -0.3 is 9.15 Å². The Morgan fingerprint density at radius 3 is 2.40 bits per heavy atom. The van der Waals surface area contributed by atoms with E-state index in [-0.39, 0.29) is 5.76 Å². The predicted octanol–water partition coefficient (Wildman–Crippen LogP) is 4.27. The summed E-state index contributed by atoms with van der Waals surface area (Å²) in [6, 6.07) is 14.9. The van der Waals surface area contributed by atoms with Gasteiger partial charge in [0.25, 0.3) is 0 Å². The van der Waals surface area contributed by atoms with Crippen molar-refractivity contribution >= 4 is 16.9 Å². The van der Waals surface area contributed by atoms with Crippen LogP contribution in [0.2, 0.25) is 0 Å². The number of furan rings is 1. The summed E-state index contributed by atoms with van der Waals surface area (Å²) < 4.78 is 10.8. The Morgan fingerprint density at radius 2 is 1.70 bits per heavy atom. The minimum Gasteiger partial charge on any atom is -0.449 e. The molecule has 0 unspecified atom stereocenters. The molecule has 100 valence electrons. The van der Waals surface area contributed by atoms with Crippen LogP contribution in [0.4, 0.5) is 0 Å². The van der Waals surface area contributed by atoms with Crippen LogP contribution in [0.15, 0.2) is 52.9 Å². The largest absolute Gasteiger partial charge is 0.449 e. The van der Waals surface area contributed by atoms with Gasteiger partial charge in [0.2, 0.25) is 5.76 Å². The van der Waals surface area contributed by atoms with Gasteiger partial charge in [0.05, 0.1) is 0 Å². The lowest BCUT2D eigenvalue weighted by molar-refractivity contribution is 0.0704. The van der Waals surface area contributed by atoms with Crippen molar-refractivity contribution in [1.29, 1.82) is 0 Å². The Hall–Kier alpha value is -2.55. The fraction of sp³-hybridized carbons (Fsp3) is 0.118. The molecule has 3 aromatic rings. The molecular formula is C17H14O3. The molecule has 3 rings (SSSR count). The summed E-state index contributed by atoms with van der Waals surface area (Å²) in [5, 5.41) is 0.889. The molecular weight excluding hydrogens is 252 g/mol. The summed E-state index contributed by atoms with van der Waals surface area (Å²) in [4.78, 5) is 12.1. The summed E-state index contributed by atoms with van der Waals surface area (Å²) >= 11 is 0. The van der Waals surface area contributed by atoms with Crippen molar-refractivity contribution < 1.29 is 13.9 Å². The van der Waals surface area contributed by atoms with E-state index >= 15 is 0 Å². The molecule has 0 atom stereocenters. The third-order valence-corrected chi connectivity index (χ3v) is 3.03. The quantitative estimate of drug-likeness (QED) is 0.513. The van der Waals surface area contributed by atoms with E-state index in [1.807, 2.05) is 56.3 Å². The van der Waals surface area contributed by atoms with Crippen LogP contribution in [0.5, 0.6) is 5.75 Å². The van der Waals surface area contributed by atoms with Crippen LogP contribution in [0.3, 0.4) is 0 Å². The summed E-state index contributed by atoms with van der Waals surface area (Å²) in [6.07, 6.45) is 0. The Morgan fingerprint density at radius 1 is 1.00 bits per heavy atom. The van der Waals surface area contributed by atoms with E-state index in [4.69, 9.17) is 9.15 Å². The van der Waals surface area contributed by atoms with Gasteiger partial charge in [0.1, 0.15) is 11.3 Å². The van der Waals surface area contributed by atoms with Gasteiger partial charge in [-0.15, -0.1) is 0 Å². The van der Waals surface area contributed by atoms with E-state index in [0.717, 1.165) is 16.5 Å². The van der Waals surface area contributed by atoms with Gasteiger partial charge in [-0.2, -0.15) is 0 Å². The Bertz CT molecular complexity index is 731. The maximum Gasteiger partial charge on any atom is 0.379 e. The van der Waals surface area contributed by atoms with Crippen LogP contribution < -0.4 is 4.74 Å². The third-order valence-electron chi connectivity index (χ3n) is 3.03. The molecule has 0 aliphatic carbocycles. The van der Waals surface area contributed by atoms with Gasteiger partial charge in [0, 0.05) is 5.39 Å². The first-order valence-electron chi connectivity index (χ1n) is 6.41. The highest BCUT2D eigenvalue weighted by Gasteiger charge is 2.14. The van der Waals surface area contributed by atoms with Crippen LogP contribution in [0.1, 0.15) is 21.7 Å². The topological polar surface area (TPSA) is 39.4 Å². The molecule has 1 aromatic heterocycles. The Kier molecular flexibility index (Phi) is 3.03. The number of rotatable bonds is 2. The lowest BCUT2D eigenvalue weighted by atomic mass is 10.1. The fourth-order valence-electron chi connectivity index (χ4n) is 2.23. The lowest BCUT2D eigenvalue weighted by Gasteiger charge is -2.04. The lowest BCUT2D eigenvalue weighted by Crippen LogP contribution is -2.07. The Labute approximate surface area is 116 Å². The maximum absolute atomic E-state index is 12.1. The second-order valence-electron chi connectivity index (χ2n) is 4.86. The number of aryl methyl sites for hydroxylation is 2. The summed E-state index contributed by atoms with van der Waals surface area (Å²) in [6.45, 7) is 3.93. The standard InChI is InChI=1S/C17H14O3/c1-11-7-12(2)9-14(8-11)19-17(18)16-10-13-5-3-4-6-15(13)20-16/h3-10H,1-2H3. The first kappa shape index (κ1) is 12.5. The summed E-state index contributed by atoms with van der Waals surface area (Å²) in [7, 11) is 0. The fourth-order valence-corrected chi connectivity index (χ4v) is 2.23. The number of para-hydroxylation sites is 1. The molecule has 0 radical (unpaired) electrons.